The smallest absolute Gasteiger partial charge is 0.126 e. The molecule has 94 valence electrons. The summed E-state index contributed by atoms with van der Waals surface area (Å²) in [4.78, 5) is 0. The highest BCUT2D eigenvalue weighted by Crippen LogP contribution is 2.32. The second kappa shape index (κ2) is 5.41. The third-order valence-corrected chi connectivity index (χ3v) is 3.79. The molecule has 0 spiro atoms. The number of hydrogen-bond acceptors (Lipinski definition) is 0. The Morgan fingerprint density at radius 3 is 2.39 bits per heavy atom. The highest BCUT2D eigenvalue weighted by atomic mass is 79.9. The maximum atomic E-state index is 13.2. The van der Waals surface area contributed by atoms with E-state index in [0.717, 1.165) is 21.2 Å². The molecule has 18 heavy (non-hydrogen) atoms. The summed E-state index contributed by atoms with van der Waals surface area (Å²) < 4.78 is 14.2. The first-order chi connectivity index (χ1) is 8.47. The second-order valence-electron chi connectivity index (χ2n) is 4.43. The van der Waals surface area contributed by atoms with Gasteiger partial charge in [0.05, 0.1) is 5.38 Å². The van der Waals surface area contributed by atoms with Crippen molar-refractivity contribution in [2.75, 3.05) is 0 Å². The Morgan fingerprint density at radius 1 is 1.06 bits per heavy atom. The van der Waals surface area contributed by atoms with Gasteiger partial charge in [-0.3, -0.25) is 0 Å². The second-order valence-corrected chi connectivity index (χ2v) is 5.79. The lowest BCUT2D eigenvalue weighted by molar-refractivity contribution is 0.617. The Hall–Kier alpha value is -0.860. The van der Waals surface area contributed by atoms with E-state index in [2.05, 4.69) is 15.9 Å². The van der Waals surface area contributed by atoms with Crippen LogP contribution in [0.15, 0.2) is 40.9 Å². The highest BCUT2D eigenvalue weighted by Gasteiger charge is 2.13. The molecule has 0 aromatic heterocycles. The predicted octanol–water partition coefficient (Wildman–Crippen LogP) is 5.53. The third-order valence-electron chi connectivity index (χ3n) is 2.83. The molecule has 1 unspecified atom stereocenters. The van der Waals surface area contributed by atoms with E-state index in [0.29, 0.717) is 5.56 Å². The topological polar surface area (TPSA) is 0 Å². The van der Waals surface area contributed by atoms with Crippen molar-refractivity contribution >= 4 is 27.5 Å². The van der Waals surface area contributed by atoms with Crippen LogP contribution in [0, 0.1) is 19.7 Å². The van der Waals surface area contributed by atoms with E-state index in [4.69, 9.17) is 11.6 Å². The lowest BCUT2D eigenvalue weighted by atomic mass is 10.0. The van der Waals surface area contributed by atoms with E-state index in [1.807, 2.05) is 25.1 Å². The van der Waals surface area contributed by atoms with E-state index in [1.54, 1.807) is 19.1 Å². The van der Waals surface area contributed by atoms with E-state index in [-0.39, 0.29) is 11.2 Å². The van der Waals surface area contributed by atoms with Crippen molar-refractivity contribution in [2.45, 2.75) is 19.2 Å². The molecular weight excluding hydrogens is 315 g/mol. The van der Waals surface area contributed by atoms with Crippen molar-refractivity contribution in [2.24, 2.45) is 0 Å². The van der Waals surface area contributed by atoms with Gasteiger partial charge in [-0.1, -0.05) is 34.1 Å². The SMILES string of the molecule is Cc1cc(Br)cc(C(Cl)c2ccc(F)c(C)c2)c1. The summed E-state index contributed by atoms with van der Waals surface area (Å²) in [5.41, 5.74) is 3.68. The third kappa shape index (κ3) is 2.93. The summed E-state index contributed by atoms with van der Waals surface area (Å²) in [5, 5.41) is -0.263. The Kier molecular flexibility index (Phi) is 4.08. The van der Waals surface area contributed by atoms with Gasteiger partial charge in [0.15, 0.2) is 0 Å². The molecule has 0 bridgehead atoms. The Morgan fingerprint density at radius 2 is 1.78 bits per heavy atom. The fourth-order valence-corrected chi connectivity index (χ4v) is 2.82. The number of benzene rings is 2. The molecule has 0 saturated carbocycles. The molecule has 0 aliphatic rings. The van der Waals surface area contributed by atoms with Gasteiger partial charge in [-0.25, -0.2) is 4.39 Å². The summed E-state index contributed by atoms with van der Waals surface area (Å²) in [6.07, 6.45) is 0. The first-order valence-corrected chi connectivity index (χ1v) is 6.87. The Bertz CT molecular complexity index is 560. The van der Waals surface area contributed by atoms with Crippen LogP contribution in [0.25, 0.3) is 0 Å². The minimum Gasteiger partial charge on any atom is -0.207 e. The zero-order valence-corrected chi connectivity index (χ0v) is 12.5. The van der Waals surface area contributed by atoms with Crippen LogP contribution >= 0.6 is 27.5 Å². The fraction of sp³-hybridized carbons (Fsp3) is 0.200. The van der Waals surface area contributed by atoms with Crippen molar-refractivity contribution in [3.8, 4) is 0 Å². The van der Waals surface area contributed by atoms with Crippen molar-refractivity contribution in [3.63, 3.8) is 0 Å². The molecule has 0 aliphatic carbocycles. The molecule has 2 aromatic carbocycles. The van der Waals surface area contributed by atoms with Gasteiger partial charge in [-0.05, 0) is 54.3 Å². The van der Waals surface area contributed by atoms with Crippen LogP contribution in [-0.2, 0) is 0 Å². The Labute approximate surface area is 120 Å². The van der Waals surface area contributed by atoms with Crippen LogP contribution in [0.2, 0.25) is 0 Å². The zero-order valence-electron chi connectivity index (χ0n) is 10.2. The van der Waals surface area contributed by atoms with Crippen molar-refractivity contribution in [1.29, 1.82) is 0 Å². The van der Waals surface area contributed by atoms with Gasteiger partial charge >= 0.3 is 0 Å². The molecule has 0 fully saturated rings. The van der Waals surface area contributed by atoms with E-state index in [9.17, 15) is 4.39 Å². The molecule has 0 aliphatic heterocycles. The summed E-state index contributed by atoms with van der Waals surface area (Å²) >= 11 is 9.92. The molecule has 0 radical (unpaired) electrons. The molecule has 0 heterocycles. The van der Waals surface area contributed by atoms with Crippen molar-refractivity contribution < 1.29 is 4.39 Å². The molecule has 2 rings (SSSR count). The average Bonchev–Trinajstić information content (AvgIpc) is 2.30. The first kappa shape index (κ1) is 13.6. The summed E-state index contributed by atoms with van der Waals surface area (Å²) in [7, 11) is 0. The Balaban J connectivity index is 2.40. The van der Waals surface area contributed by atoms with Gasteiger partial charge in [0, 0.05) is 4.47 Å². The number of aryl methyl sites for hydroxylation is 2. The molecular formula is C15H13BrClF. The molecule has 2 aromatic rings. The van der Waals surface area contributed by atoms with Crippen LogP contribution in [0.5, 0.6) is 0 Å². The lowest BCUT2D eigenvalue weighted by Gasteiger charge is -2.13. The standard InChI is InChI=1S/C15H13BrClF/c1-9-5-12(8-13(16)6-9)15(17)11-3-4-14(18)10(2)7-11/h3-8,15H,1-2H3. The molecule has 0 nitrogen and oxygen atoms in total. The minimum atomic E-state index is -0.263. The molecule has 0 saturated heterocycles. The average molecular weight is 328 g/mol. The maximum Gasteiger partial charge on any atom is 0.126 e. The summed E-state index contributed by atoms with van der Waals surface area (Å²) in [5.74, 6) is -0.201. The minimum absolute atomic E-state index is 0.201. The molecule has 3 heteroatoms. The summed E-state index contributed by atoms with van der Waals surface area (Å²) in [6, 6.07) is 11.1. The molecule has 0 N–H and O–H groups in total. The zero-order chi connectivity index (χ0) is 13.3. The van der Waals surface area contributed by atoms with Gasteiger partial charge < -0.3 is 0 Å². The van der Waals surface area contributed by atoms with Crippen LogP contribution < -0.4 is 0 Å². The van der Waals surface area contributed by atoms with Crippen LogP contribution in [0.3, 0.4) is 0 Å². The van der Waals surface area contributed by atoms with Crippen LogP contribution in [-0.4, -0.2) is 0 Å². The quantitative estimate of drug-likeness (QED) is 0.636. The number of hydrogen-bond donors (Lipinski definition) is 0. The normalized spacial score (nSPS) is 12.5. The van der Waals surface area contributed by atoms with E-state index in [1.165, 1.54) is 6.07 Å². The first-order valence-electron chi connectivity index (χ1n) is 5.64. The lowest BCUT2D eigenvalue weighted by Crippen LogP contribution is -1.96. The molecule has 0 amide bonds. The summed E-state index contributed by atoms with van der Waals surface area (Å²) in [6.45, 7) is 3.77. The largest absolute Gasteiger partial charge is 0.207 e. The molecule has 1 atom stereocenters. The van der Waals surface area contributed by atoms with Crippen molar-refractivity contribution in [1.82, 2.24) is 0 Å². The van der Waals surface area contributed by atoms with Crippen LogP contribution in [0.1, 0.15) is 27.6 Å². The van der Waals surface area contributed by atoms with Gasteiger partial charge in [-0.15, -0.1) is 11.6 Å². The number of alkyl halides is 1. The maximum absolute atomic E-state index is 13.2. The van der Waals surface area contributed by atoms with E-state index < -0.39 is 0 Å². The highest BCUT2D eigenvalue weighted by molar-refractivity contribution is 9.10. The fourth-order valence-electron chi connectivity index (χ4n) is 1.93. The van der Waals surface area contributed by atoms with Gasteiger partial charge in [-0.2, -0.15) is 0 Å². The number of rotatable bonds is 2. The van der Waals surface area contributed by atoms with Gasteiger partial charge in [0.2, 0.25) is 0 Å². The van der Waals surface area contributed by atoms with Crippen molar-refractivity contribution in [3.05, 3.63) is 68.9 Å². The van der Waals surface area contributed by atoms with Gasteiger partial charge in [0.25, 0.3) is 0 Å². The van der Waals surface area contributed by atoms with E-state index >= 15 is 0 Å². The monoisotopic (exact) mass is 326 g/mol. The van der Waals surface area contributed by atoms with Gasteiger partial charge in [0.1, 0.15) is 5.82 Å². The predicted molar refractivity (Wildman–Crippen MR) is 77.7 cm³/mol. The van der Waals surface area contributed by atoms with Crippen LogP contribution in [0.4, 0.5) is 4.39 Å². The number of halogens is 3.